The molecule has 11 rings (SSSR count). The van der Waals surface area contributed by atoms with Gasteiger partial charge in [-0.05, 0) is 171 Å². The van der Waals surface area contributed by atoms with Gasteiger partial charge in [0, 0.05) is 44.3 Å². The number of H-pyrrole nitrogens is 2. The van der Waals surface area contributed by atoms with Crippen molar-refractivity contribution >= 4 is 46.4 Å². The maximum atomic E-state index is 5.62. The van der Waals surface area contributed by atoms with Gasteiger partial charge in [-0.1, -0.05) is 120 Å². The smallest absolute Gasteiger partial charge is 0.0737 e. The molecular formula is C60H52N4. The van der Waals surface area contributed by atoms with E-state index < -0.39 is 0 Å². The summed E-state index contributed by atoms with van der Waals surface area (Å²) >= 11 is 0. The lowest BCUT2D eigenvalue weighted by molar-refractivity contribution is 0.814. The third-order valence-corrected chi connectivity index (χ3v) is 13.6. The minimum atomic E-state index is 0.916. The Morgan fingerprint density at radius 3 is 1.22 bits per heavy atom. The van der Waals surface area contributed by atoms with Crippen molar-refractivity contribution in [2.75, 3.05) is 0 Å². The second-order valence-electron chi connectivity index (χ2n) is 18.1. The van der Waals surface area contributed by atoms with E-state index in [0.717, 1.165) is 116 Å². The molecule has 0 unspecified atom stereocenters. The fourth-order valence-electron chi connectivity index (χ4n) is 10.1. The molecule has 8 aromatic rings. The number of aromatic amines is 2. The lowest BCUT2D eigenvalue weighted by Gasteiger charge is -2.14. The van der Waals surface area contributed by atoms with Crippen LogP contribution in [0.3, 0.4) is 0 Å². The van der Waals surface area contributed by atoms with E-state index >= 15 is 0 Å². The molecule has 0 saturated heterocycles. The third kappa shape index (κ3) is 7.33. The van der Waals surface area contributed by atoms with E-state index in [4.69, 9.17) is 9.97 Å². The Labute approximate surface area is 376 Å². The number of benzene rings is 5. The molecule has 2 N–H and O–H groups in total. The van der Waals surface area contributed by atoms with Crippen LogP contribution in [-0.2, 0) is 25.7 Å². The molecule has 0 fully saturated rings. The van der Waals surface area contributed by atoms with Crippen LogP contribution in [0.1, 0.15) is 79.3 Å². The van der Waals surface area contributed by atoms with Crippen LogP contribution in [0.4, 0.5) is 0 Å². The Bertz CT molecular complexity index is 3330. The van der Waals surface area contributed by atoms with Crippen LogP contribution in [0.5, 0.6) is 0 Å². The average molecular weight is 829 g/mol. The van der Waals surface area contributed by atoms with Crippen LogP contribution in [0, 0.1) is 34.6 Å². The van der Waals surface area contributed by atoms with Gasteiger partial charge in [-0.15, -0.1) is 0 Å². The van der Waals surface area contributed by atoms with Crippen LogP contribution in [-0.4, -0.2) is 19.9 Å². The average Bonchev–Trinajstić information content (AvgIpc) is 4.14. The van der Waals surface area contributed by atoms with Crippen molar-refractivity contribution in [1.29, 1.82) is 0 Å². The van der Waals surface area contributed by atoms with Gasteiger partial charge >= 0.3 is 0 Å². The van der Waals surface area contributed by atoms with E-state index in [0.29, 0.717) is 0 Å². The highest BCUT2D eigenvalue weighted by Gasteiger charge is 2.20. The van der Waals surface area contributed by atoms with Crippen molar-refractivity contribution in [2.24, 2.45) is 0 Å². The molecule has 0 spiro atoms. The summed E-state index contributed by atoms with van der Waals surface area (Å²) in [5.74, 6) is 0. The SMILES string of the molecule is Cc1ccc(-c2c3nc(c(-c4ccc(C)cc4)c4ccc([nH]4)c(-c4cc5cc(c4)CCc4c(C)ccc(c4C)CCC5)c4nc(c(-c5ccc(C)cc5)c5ccc2[nH]5)C=C4)C=C3)cc1. The lowest BCUT2D eigenvalue weighted by Crippen LogP contribution is -2.01. The van der Waals surface area contributed by atoms with Gasteiger partial charge < -0.3 is 9.97 Å². The topological polar surface area (TPSA) is 57.4 Å². The van der Waals surface area contributed by atoms with Crippen molar-refractivity contribution in [1.82, 2.24) is 19.9 Å². The number of fused-ring (bicyclic) bond motifs is 12. The summed E-state index contributed by atoms with van der Waals surface area (Å²) in [7, 11) is 0. The maximum Gasteiger partial charge on any atom is 0.0737 e. The molecule has 12 bridgehead atoms. The summed E-state index contributed by atoms with van der Waals surface area (Å²) in [6, 6.07) is 47.3. The molecule has 312 valence electrons. The summed E-state index contributed by atoms with van der Waals surface area (Å²) in [4.78, 5) is 19.0. The molecule has 0 amide bonds. The second kappa shape index (κ2) is 16.1. The number of nitrogens with one attached hydrogen (secondary N) is 2. The summed E-state index contributed by atoms with van der Waals surface area (Å²) in [5, 5.41) is 0. The molecule has 2 aliphatic heterocycles. The minimum absolute atomic E-state index is 0.916. The fourth-order valence-corrected chi connectivity index (χ4v) is 10.1. The van der Waals surface area contributed by atoms with Gasteiger partial charge in [0.25, 0.3) is 0 Å². The highest BCUT2D eigenvalue weighted by molar-refractivity contribution is 6.00. The lowest BCUT2D eigenvalue weighted by atomic mass is 9.91. The number of hydrogen-bond acceptors (Lipinski definition) is 2. The largest absolute Gasteiger partial charge is 0.354 e. The zero-order valence-corrected chi connectivity index (χ0v) is 37.4. The maximum absolute atomic E-state index is 5.62. The van der Waals surface area contributed by atoms with Gasteiger partial charge in [0.05, 0.1) is 22.8 Å². The van der Waals surface area contributed by atoms with E-state index in [-0.39, 0.29) is 0 Å². The zero-order valence-electron chi connectivity index (χ0n) is 37.4. The predicted octanol–water partition coefficient (Wildman–Crippen LogP) is 15.1. The van der Waals surface area contributed by atoms with Gasteiger partial charge in [0.2, 0.25) is 0 Å². The Morgan fingerprint density at radius 2 is 0.781 bits per heavy atom. The van der Waals surface area contributed by atoms with Crippen LogP contribution in [0.2, 0.25) is 0 Å². The van der Waals surface area contributed by atoms with Crippen LogP contribution >= 0.6 is 0 Å². The molecule has 5 aromatic carbocycles. The van der Waals surface area contributed by atoms with Gasteiger partial charge in [-0.3, -0.25) is 0 Å². The van der Waals surface area contributed by atoms with Crippen molar-refractivity contribution in [3.05, 3.63) is 200 Å². The molecule has 4 heteroatoms. The second-order valence-corrected chi connectivity index (χ2v) is 18.1. The zero-order chi connectivity index (χ0) is 43.5. The first-order valence-corrected chi connectivity index (χ1v) is 22.8. The first-order valence-electron chi connectivity index (χ1n) is 22.8. The monoisotopic (exact) mass is 828 g/mol. The Balaban J connectivity index is 1.23. The van der Waals surface area contributed by atoms with Crippen molar-refractivity contribution in [3.63, 3.8) is 0 Å². The Morgan fingerprint density at radius 1 is 0.375 bits per heavy atom. The molecule has 64 heavy (non-hydrogen) atoms. The molecule has 4 nitrogen and oxygen atoms in total. The Hall–Kier alpha value is -7.30. The van der Waals surface area contributed by atoms with E-state index in [1.165, 1.54) is 55.6 Å². The molecule has 1 aliphatic carbocycles. The van der Waals surface area contributed by atoms with Crippen molar-refractivity contribution < 1.29 is 0 Å². The van der Waals surface area contributed by atoms with Gasteiger partial charge in [0.15, 0.2) is 0 Å². The predicted molar refractivity (Wildman–Crippen MR) is 270 cm³/mol. The van der Waals surface area contributed by atoms with E-state index in [1.807, 2.05) is 0 Å². The number of hydrogen-bond donors (Lipinski definition) is 2. The first-order chi connectivity index (χ1) is 31.2. The van der Waals surface area contributed by atoms with Crippen molar-refractivity contribution in [3.8, 4) is 44.5 Å². The summed E-state index contributed by atoms with van der Waals surface area (Å²) in [6.07, 6.45) is 14.0. The van der Waals surface area contributed by atoms with Crippen LogP contribution < -0.4 is 0 Å². The summed E-state index contributed by atoms with van der Waals surface area (Å²) in [5.41, 5.74) is 28.8. The number of aromatic nitrogens is 4. The fraction of sp³-hybridized carbons (Fsp3) is 0.167. The highest BCUT2D eigenvalue weighted by atomic mass is 14.8. The van der Waals surface area contributed by atoms with Crippen LogP contribution in [0.15, 0.2) is 127 Å². The molecule has 3 aromatic heterocycles. The Kier molecular flexibility index (Phi) is 9.96. The molecule has 3 aliphatic rings. The minimum Gasteiger partial charge on any atom is -0.354 e. The van der Waals surface area contributed by atoms with Gasteiger partial charge in [0.1, 0.15) is 0 Å². The molecular weight excluding hydrogens is 777 g/mol. The van der Waals surface area contributed by atoms with E-state index in [1.54, 1.807) is 0 Å². The van der Waals surface area contributed by atoms with Gasteiger partial charge in [-0.25, -0.2) is 9.97 Å². The van der Waals surface area contributed by atoms with Gasteiger partial charge in [-0.2, -0.15) is 0 Å². The van der Waals surface area contributed by atoms with E-state index in [9.17, 15) is 0 Å². The number of rotatable bonds is 4. The number of nitrogens with zero attached hydrogens (tertiary/aromatic N) is 2. The quantitative estimate of drug-likeness (QED) is 0.186. The van der Waals surface area contributed by atoms with E-state index in [2.05, 4.69) is 196 Å². The first kappa shape index (κ1) is 39.5. The molecule has 5 heterocycles. The summed E-state index contributed by atoms with van der Waals surface area (Å²) in [6.45, 7) is 11.0. The standard InChI is InChI=1S/C60H52N4/c1-36-9-17-44(18-10-36)57-49-25-27-51(61-49)58(45-19-11-37(2)12-20-45)53-29-31-55(63-53)60(47-34-41-7-6-8-43-23-15-39(4)48(40(43)5)24-16-42(33-41)35-47)56-32-30-54(64-56)59(52-28-26-50(57)62-52)46-21-13-38(3)14-22-46/h9-15,17-23,25-35,61,64H,6-8,16,24H2,1-5H3. The van der Waals surface area contributed by atoms with Crippen molar-refractivity contribution in [2.45, 2.75) is 66.7 Å². The van der Waals surface area contributed by atoms with Crippen LogP contribution in [0.25, 0.3) is 90.9 Å². The molecule has 0 radical (unpaired) electrons. The summed E-state index contributed by atoms with van der Waals surface area (Å²) < 4.78 is 0. The molecule has 0 saturated carbocycles. The molecule has 0 atom stereocenters. The highest BCUT2D eigenvalue weighted by Crippen LogP contribution is 2.39. The number of aryl methyl sites for hydroxylation is 7. The third-order valence-electron chi connectivity index (χ3n) is 13.6. The normalized spacial score (nSPS) is 13.3.